The lowest BCUT2D eigenvalue weighted by Gasteiger charge is -2.07. The SMILES string of the molecule is Cc1cccc(C(=O)Oc2ccc(/C=N/NC(=O)c3cc4ccccc4cc3O)cc2[N+](=O)[O-])c1. The largest absolute Gasteiger partial charge is 0.507 e. The van der Waals surface area contributed by atoms with Crippen LogP contribution in [-0.4, -0.2) is 28.1 Å². The molecule has 0 aliphatic carbocycles. The predicted molar refractivity (Wildman–Crippen MR) is 130 cm³/mol. The number of fused-ring (bicyclic) bond motifs is 1. The summed E-state index contributed by atoms with van der Waals surface area (Å²) in [6.45, 7) is 1.81. The molecule has 0 saturated heterocycles. The summed E-state index contributed by atoms with van der Waals surface area (Å²) in [6, 6.07) is 20.8. The molecule has 0 unspecified atom stereocenters. The van der Waals surface area contributed by atoms with Gasteiger partial charge < -0.3 is 9.84 Å². The van der Waals surface area contributed by atoms with Crippen molar-refractivity contribution in [2.75, 3.05) is 0 Å². The highest BCUT2D eigenvalue weighted by atomic mass is 16.6. The number of carbonyl (C=O) groups is 2. The molecular formula is C26H19N3O6. The minimum atomic E-state index is -0.722. The molecule has 0 spiro atoms. The number of aromatic hydroxyl groups is 1. The molecule has 9 heteroatoms. The Morgan fingerprint density at radius 3 is 2.46 bits per heavy atom. The molecule has 174 valence electrons. The Kier molecular flexibility index (Phi) is 6.50. The minimum Gasteiger partial charge on any atom is -0.507 e. The van der Waals surface area contributed by atoms with Crippen LogP contribution in [0.3, 0.4) is 0 Å². The van der Waals surface area contributed by atoms with E-state index in [9.17, 15) is 24.8 Å². The highest BCUT2D eigenvalue weighted by Crippen LogP contribution is 2.29. The number of nitrogens with one attached hydrogen (secondary N) is 1. The average Bonchev–Trinajstić information content (AvgIpc) is 2.84. The molecule has 2 N–H and O–H groups in total. The van der Waals surface area contributed by atoms with Crippen molar-refractivity contribution in [3.8, 4) is 11.5 Å². The first-order valence-electron chi connectivity index (χ1n) is 10.4. The van der Waals surface area contributed by atoms with Gasteiger partial charge in [0.25, 0.3) is 5.91 Å². The Balaban J connectivity index is 1.49. The Labute approximate surface area is 199 Å². The van der Waals surface area contributed by atoms with Crippen LogP contribution < -0.4 is 10.2 Å². The topological polar surface area (TPSA) is 131 Å². The zero-order valence-corrected chi connectivity index (χ0v) is 18.5. The summed E-state index contributed by atoms with van der Waals surface area (Å²) in [5, 5.41) is 27.1. The van der Waals surface area contributed by atoms with Crippen LogP contribution >= 0.6 is 0 Å². The second-order valence-corrected chi connectivity index (χ2v) is 7.66. The van der Waals surface area contributed by atoms with Gasteiger partial charge in [-0.25, -0.2) is 10.2 Å². The fourth-order valence-electron chi connectivity index (χ4n) is 3.41. The molecule has 0 radical (unpaired) electrons. The van der Waals surface area contributed by atoms with E-state index in [1.807, 2.05) is 31.2 Å². The van der Waals surface area contributed by atoms with E-state index in [4.69, 9.17) is 4.74 Å². The van der Waals surface area contributed by atoms with E-state index in [1.54, 1.807) is 24.3 Å². The summed E-state index contributed by atoms with van der Waals surface area (Å²) in [7, 11) is 0. The van der Waals surface area contributed by atoms with Gasteiger partial charge in [0.1, 0.15) is 5.75 Å². The Bertz CT molecular complexity index is 1500. The number of rotatable bonds is 6. The van der Waals surface area contributed by atoms with Crippen molar-refractivity contribution in [1.29, 1.82) is 0 Å². The Hall–Kier alpha value is -5.05. The van der Waals surface area contributed by atoms with Crippen LogP contribution in [0.1, 0.15) is 31.8 Å². The molecule has 0 bridgehead atoms. The lowest BCUT2D eigenvalue weighted by molar-refractivity contribution is -0.385. The monoisotopic (exact) mass is 469 g/mol. The van der Waals surface area contributed by atoms with Crippen molar-refractivity contribution in [3.05, 3.63) is 111 Å². The summed E-state index contributed by atoms with van der Waals surface area (Å²) < 4.78 is 5.23. The standard InChI is InChI=1S/C26H19N3O6/c1-16-5-4-8-20(11-16)26(32)35-24-10-9-17(12-22(24)29(33)34)15-27-28-25(31)21-13-18-6-2-3-7-19(18)14-23(21)30/h2-15,30H,1H3,(H,28,31)/b27-15+. The van der Waals surface area contributed by atoms with E-state index < -0.39 is 22.5 Å². The molecule has 4 aromatic rings. The number of phenolic OH excluding ortho intramolecular Hbond substituents is 1. The number of nitro benzene ring substituents is 1. The molecule has 0 atom stereocenters. The average molecular weight is 469 g/mol. The van der Waals surface area contributed by atoms with Crippen LogP contribution in [0.25, 0.3) is 10.8 Å². The van der Waals surface area contributed by atoms with Crippen molar-refractivity contribution < 1.29 is 24.4 Å². The van der Waals surface area contributed by atoms with Gasteiger partial charge in [-0.2, -0.15) is 5.10 Å². The maximum Gasteiger partial charge on any atom is 0.343 e. The van der Waals surface area contributed by atoms with E-state index >= 15 is 0 Å². The summed E-state index contributed by atoms with van der Waals surface area (Å²) >= 11 is 0. The molecule has 0 saturated carbocycles. The molecule has 35 heavy (non-hydrogen) atoms. The first-order chi connectivity index (χ1) is 16.8. The molecule has 0 aromatic heterocycles. The van der Waals surface area contributed by atoms with E-state index in [0.717, 1.165) is 16.3 Å². The van der Waals surface area contributed by atoms with Crippen molar-refractivity contribution >= 4 is 34.6 Å². The number of nitrogens with zero attached hydrogens (tertiary/aromatic N) is 2. The van der Waals surface area contributed by atoms with Gasteiger partial charge in [-0.1, -0.05) is 42.0 Å². The molecule has 9 nitrogen and oxygen atoms in total. The van der Waals surface area contributed by atoms with Crippen LogP contribution in [0.15, 0.2) is 84.0 Å². The number of phenols is 1. The second-order valence-electron chi connectivity index (χ2n) is 7.66. The lowest BCUT2D eigenvalue weighted by Crippen LogP contribution is -2.17. The van der Waals surface area contributed by atoms with E-state index in [0.29, 0.717) is 0 Å². The molecule has 0 aliphatic heterocycles. The minimum absolute atomic E-state index is 0.0326. The van der Waals surface area contributed by atoms with Gasteiger partial charge in [-0.05, 0) is 54.1 Å². The van der Waals surface area contributed by atoms with Gasteiger partial charge in [0, 0.05) is 11.6 Å². The zero-order chi connectivity index (χ0) is 24.9. The van der Waals surface area contributed by atoms with Crippen LogP contribution in [0.2, 0.25) is 0 Å². The fourth-order valence-corrected chi connectivity index (χ4v) is 3.41. The van der Waals surface area contributed by atoms with E-state index in [2.05, 4.69) is 10.5 Å². The third kappa shape index (κ3) is 5.31. The smallest absolute Gasteiger partial charge is 0.343 e. The maximum absolute atomic E-state index is 12.5. The molecule has 0 heterocycles. The van der Waals surface area contributed by atoms with Gasteiger partial charge in [0.05, 0.1) is 22.3 Å². The van der Waals surface area contributed by atoms with Crippen LogP contribution in [0, 0.1) is 17.0 Å². The van der Waals surface area contributed by atoms with Gasteiger partial charge in [0.2, 0.25) is 5.75 Å². The highest BCUT2D eigenvalue weighted by Gasteiger charge is 2.20. The van der Waals surface area contributed by atoms with E-state index in [-0.39, 0.29) is 28.2 Å². The van der Waals surface area contributed by atoms with Gasteiger partial charge in [-0.15, -0.1) is 0 Å². The van der Waals surface area contributed by atoms with Crippen LogP contribution in [0.5, 0.6) is 11.5 Å². The zero-order valence-electron chi connectivity index (χ0n) is 18.5. The molecule has 4 rings (SSSR count). The van der Waals surface area contributed by atoms with Gasteiger partial charge >= 0.3 is 11.7 Å². The lowest BCUT2D eigenvalue weighted by atomic mass is 10.1. The van der Waals surface area contributed by atoms with Gasteiger partial charge in [0.15, 0.2) is 0 Å². The van der Waals surface area contributed by atoms with Crippen molar-refractivity contribution in [2.45, 2.75) is 6.92 Å². The maximum atomic E-state index is 12.5. The number of ether oxygens (including phenoxy) is 1. The van der Waals surface area contributed by atoms with Crippen molar-refractivity contribution in [3.63, 3.8) is 0 Å². The first-order valence-corrected chi connectivity index (χ1v) is 10.4. The van der Waals surface area contributed by atoms with Crippen molar-refractivity contribution in [1.82, 2.24) is 5.43 Å². The number of amides is 1. The number of hydrogen-bond acceptors (Lipinski definition) is 7. The molecule has 0 aliphatic rings. The van der Waals surface area contributed by atoms with Crippen LogP contribution in [-0.2, 0) is 0 Å². The van der Waals surface area contributed by atoms with E-state index in [1.165, 1.54) is 36.5 Å². The molecule has 1 amide bonds. The number of hydrogen-bond donors (Lipinski definition) is 2. The normalized spacial score (nSPS) is 10.9. The number of benzene rings is 4. The Morgan fingerprint density at radius 2 is 1.74 bits per heavy atom. The highest BCUT2D eigenvalue weighted by molar-refractivity contribution is 6.01. The Morgan fingerprint density at radius 1 is 1.00 bits per heavy atom. The first kappa shape index (κ1) is 23.1. The fraction of sp³-hybridized carbons (Fsp3) is 0.0385. The quantitative estimate of drug-likeness (QED) is 0.138. The second kappa shape index (κ2) is 9.84. The summed E-state index contributed by atoms with van der Waals surface area (Å²) in [5.41, 5.74) is 3.29. The number of hydrazone groups is 1. The third-order valence-corrected chi connectivity index (χ3v) is 5.12. The number of carbonyl (C=O) groups excluding carboxylic acids is 2. The molecule has 0 fully saturated rings. The molecular weight excluding hydrogens is 450 g/mol. The third-order valence-electron chi connectivity index (χ3n) is 5.12. The number of aryl methyl sites for hydroxylation is 1. The predicted octanol–water partition coefficient (Wildman–Crippen LogP) is 4.75. The molecule has 4 aromatic carbocycles. The van der Waals surface area contributed by atoms with Crippen molar-refractivity contribution in [2.24, 2.45) is 5.10 Å². The van der Waals surface area contributed by atoms with Crippen LogP contribution in [0.4, 0.5) is 5.69 Å². The summed E-state index contributed by atoms with van der Waals surface area (Å²) in [6.07, 6.45) is 1.20. The van der Waals surface area contributed by atoms with Gasteiger partial charge in [-0.3, -0.25) is 14.9 Å². The summed E-state index contributed by atoms with van der Waals surface area (Å²) in [5.74, 6) is -1.79. The number of nitro groups is 1. The number of esters is 1. The summed E-state index contributed by atoms with van der Waals surface area (Å²) in [4.78, 5) is 35.7.